The van der Waals surface area contributed by atoms with E-state index in [1.165, 1.54) is 0 Å². The van der Waals surface area contributed by atoms with Crippen molar-refractivity contribution in [2.45, 2.75) is 57.0 Å². The molecule has 1 aromatic rings. The third-order valence-corrected chi connectivity index (χ3v) is 5.11. The summed E-state index contributed by atoms with van der Waals surface area (Å²) in [6.07, 6.45) is 2.84. The number of nitrogens with one attached hydrogen (secondary N) is 1. The Morgan fingerprint density at radius 3 is 2.93 bits per heavy atom. The number of aliphatic hydroxyl groups excluding tert-OH is 1. The highest BCUT2D eigenvalue weighted by Gasteiger charge is 2.40. The first-order valence-electron chi connectivity index (χ1n) is 9.98. The molecule has 4 atom stereocenters. The second-order valence-electron chi connectivity index (χ2n) is 7.36. The monoisotopic (exact) mass is 391 g/mol. The fraction of sp³-hybridized carbons (Fsp3) is 0.650. The molecule has 0 saturated carbocycles. The molecule has 2 fully saturated rings. The van der Waals surface area contributed by atoms with Crippen molar-refractivity contribution in [3.63, 3.8) is 0 Å². The number of aromatic nitrogens is 1. The zero-order chi connectivity index (χ0) is 19.9. The van der Waals surface area contributed by atoms with E-state index in [2.05, 4.69) is 10.3 Å². The Balaban J connectivity index is 1.70. The fourth-order valence-corrected chi connectivity index (χ4v) is 3.75. The van der Waals surface area contributed by atoms with Crippen molar-refractivity contribution in [2.24, 2.45) is 0 Å². The number of rotatable bonds is 5. The van der Waals surface area contributed by atoms with Gasteiger partial charge in [0.2, 0.25) is 5.91 Å². The van der Waals surface area contributed by atoms with Crippen LogP contribution >= 0.6 is 0 Å². The number of ether oxygens (including phenoxy) is 2. The second kappa shape index (κ2) is 9.95. The van der Waals surface area contributed by atoms with E-state index in [0.29, 0.717) is 31.5 Å². The number of nitrogens with zero attached hydrogens (tertiary/aromatic N) is 2. The summed E-state index contributed by atoms with van der Waals surface area (Å²) in [5.74, 6) is -0.242. The normalized spacial score (nSPS) is 28.0. The smallest absolute Gasteiger partial charge is 0.272 e. The van der Waals surface area contributed by atoms with Gasteiger partial charge in [-0.1, -0.05) is 13.0 Å². The maximum atomic E-state index is 13.0. The van der Waals surface area contributed by atoms with E-state index in [0.717, 1.165) is 6.42 Å². The lowest BCUT2D eigenvalue weighted by Crippen LogP contribution is -2.57. The molecule has 154 valence electrons. The summed E-state index contributed by atoms with van der Waals surface area (Å²) in [5.41, 5.74) is 0.344. The first-order valence-corrected chi connectivity index (χ1v) is 9.98. The number of pyridine rings is 1. The zero-order valence-electron chi connectivity index (χ0n) is 16.3. The van der Waals surface area contributed by atoms with Crippen LogP contribution in [-0.4, -0.2) is 77.5 Å². The summed E-state index contributed by atoms with van der Waals surface area (Å²) in [5, 5.41) is 13.1. The van der Waals surface area contributed by atoms with Crippen molar-refractivity contribution in [2.75, 3.05) is 26.3 Å². The standard InChI is InChI=1S/C20H29N3O5/c1-2-8-22-19(25)10-15-6-7-17-18(28-15)13-27-12-14(24)11-23(17)20(26)16-5-3-4-9-21-16/h3-5,9,14-15,17-18,24H,2,6-8,10-13H2,1H3,(H,22,25)/t14-,15+,17-,18+/m1/s1. The second-order valence-corrected chi connectivity index (χ2v) is 7.36. The Bertz CT molecular complexity index is 657. The van der Waals surface area contributed by atoms with Crippen LogP contribution in [0.4, 0.5) is 0 Å². The van der Waals surface area contributed by atoms with Gasteiger partial charge in [-0.25, -0.2) is 0 Å². The van der Waals surface area contributed by atoms with Gasteiger partial charge in [-0.15, -0.1) is 0 Å². The van der Waals surface area contributed by atoms with Crippen LogP contribution in [0.3, 0.4) is 0 Å². The molecule has 0 bridgehead atoms. The Morgan fingerprint density at radius 2 is 2.18 bits per heavy atom. The molecule has 8 nitrogen and oxygen atoms in total. The first kappa shape index (κ1) is 20.7. The average Bonchev–Trinajstić information content (AvgIpc) is 2.70. The van der Waals surface area contributed by atoms with Crippen molar-refractivity contribution in [3.05, 3.63) is 30.1 Å². The number of aliphatic hydroxyl groups is 1. The molecule has 2 saturated heterocycles. The van der Waals surface area contributed by atoms with Crippen LogP contribution in [0.25, 0.3) is 0 Å². The lowest BCUT2D eigenvalue weighted by Gasteiger charge is -2.44. The highest BCUT2D eigenvalue weighted by atomic mass is 16.5. The SMILES string of the molecule is CCCNC(=O)C[C@@H]1CC[C@@H]2[C@H](COC[C@H](O)CN2C(=O)c2ccccn2)O1. The van der Waals surface area contributed by atoms with Crippen LogP contribution in [0, 0.1) is 0 Å². The minimum Gasteiger partial charge on any atom is -0.389 e. The molecular formula is C20H29N3O5. The van der Waals surface area contributed by atoms with E-state index >= 15 is 0 Å². The van der Waals surface area contributed by atoms with Crippen molar-refractivity contribution >= 4 is 11.8 Å². The van der Waals surface area contributed by atoms with E-state index in [1.54, 1.807) is 29.3 Å². The fourth-order valence-electron chi connectivity index (χ4n) is 3.75. The van der Waals surface area contributed by atoms with Gasteiger partial charge in [0.05, 0.1) is 37.9 Å². The molecule has 3 rings (SSSR count). The topological polar surface area (TPSA) is 101 Å². The Kier molecular flexibility index (Phi) is 7.36. The summed E-state index contributed by atoms with van der Waals surface area (Å²) in [6, 6.07) is 4.97. The Labute approximate surface area is 165 Å². The summed E-state index contributed by atoms with van der Waals surface area (Å²) < 4.78 is 11.7. The largest absolute Gasteiger partial charge is 0.389 e. The van der Waals surface area contributed by atoms with Crippen molar-refractivity contribution < 1.29 is 24.2 Å². The quantitative estimate of drug-likeness (QED) is 0.768. The number of fused-ring (bicyclic) bond motifs is 1. The number of β-amino-alcohol motifs (C(OH)–C–C–N with tert-alkyl or cyclic N) is 1. The summed E-state index contributed by atoms with van der Waals surface area (Å²) in [7, 11) is 0. The van der Waals surface area contributed by atoms with E-state index in [4.69, 9.17) is 9.47 Å². The highest BCUT2D eigenvalue weighted by Crippen LogP contribution is 2.28. The zero-order valence-corrected chi connectivity index (χ0v) is 16.3. The van der Waals surface area contributed by atoms with Gasteiger partial charge in [0, 0.05) is 19.3 Å². The van der Waals surface area contributed by atoms with Gasteiger partial charge >= 0.3 is 0 Å². The van der Waals surface area contributed by atoms with Gasteiger partial charge in [-0.2, -0.15) is 0 Å². The molecule has 3 heterocycles. The molecule has 2 N–H and O–H groups in total. The van der Waals surface area contributed by atoms with Gasteiger partial charge in [-0.3, -0.25) is 14.6 Å². The van der Waals surface area contributed by atoms with Gasteiger partial charge in [-0.05, 0) is 31.4 Å². The average molecular weight is 391 g/mol. The summed E-state index contributed by atoms with van der Waals surface area (Å²) >= 11 is 0. The van der Waals surface area contributed by atoms with Crippen LogP contribution in [-0.2, 0) is 14.3 Å². The molecule has 0 radical (unpaired) electrons. The molecule has 2 aliphatic rings. The van der Waals surface area contributed by atoms with E-state index in [-0.39, 0.29) is 49.8 Å². The third kappa shape index (κ3) is 5.27. The lowest BCUT2D eigenvalue weighted by molar-refractivity contribution is -0.150. The number of carbonyl (C=O) groups excluding carboxylic acids is 2. The van der Waals surface area contributed by atoms with Gasteiger partial charge in [0.25, 0.3) is 5.91 Å². The van der Waals surface area contributed by atoms with Crippen LogP contribution < -0.4 is 5.32 Å². The maximum Gasteiger partial charge on any atom is 0.272 e. The lowest BCUT2D eigenvalue weighted by atomic mass is 9.94. The Hall–Kier alpha value is -2.03. The molecule has 1 aromatic heterocycles. The van der Waals surface area contributed by atoms with Crippen LogP contribution in [0.1, 0.15) is 43.1 Å². The summed E-state index contributed by atoms with van der Waals surface area (Å²) in [6.45, 7) is 3.25. The molecule has 28 heavy (non-hydrogen) atoms. The van der Waals surface area contributed by atoms with E-state index < -0.39 is 6.10 Å². The van der Waals surface area contributed by atoms with E-state index in [9.17, 15) is 14.7 Å². The number of hydrogen-bond acceptors (Lipinski definition) is 6. The van der Waals surface area contributed by atoms with Crippen molar-refractivity contribution in [1.82, 2.24) is 15.2 Å². The van der Waals surface area contributed by atoms with Gasteiger partial charge < -0.3 is 24.8 Å². The molecular weight excluding hydrogens is 362 g/mol. The first-order chi connectivity index (χ1) is 13.6. The number of amides is 2. The number of hydrogen-bond donors (Lipinski definition) is 2. The molecule has 0 spiro atoms. The molecule has 8 heteroatoms. The number of carbonyl (C=O) groups is 2. The van der Waals surface area contributed by atoms with Crippen molar-refractivity contribution in [3.8, 4) is 0 Å². The van der Waals surface area contributed by atoms with Crippen LogP contribution in [0.5, 0.6) is 0 Å². The third-order valence-electron chi connectivity index (χ3n) is 5.11. The van der Waals surface area contributed by atoms with Crippen molar-refractivity contribution in [1.29, 1.82) is 0 Å². The molecule has 0 unspecified atom stereocenters. The Morgan fingerprint density at radius 1 is 1.32 bits per heavy atom. The van der Waals surface area contributed by atoms with Crippen LogP contribution in [0.2, 0.25) is 0 Å². The molecule has 0 aromatic carbocycles. The molecule has 0 aliphatic carbocycles. The van der Waals surface area contributed by atoms with Gasteiger partial charge in [0.1, 0.15) is 11.8 Å². The van der Waals surface area contributed by atoms with Gasteiger partial charge in [0.15, 0.2) is 0 Å². The molecule has 2 aliphatic heterocycles. The summed E-state index contributed by atoms with van der Waals surface area (Å²) in [4.78, 5) is 30.9. The van der Waals surface area contributed by atoms with E-state index in [1.807, 2.05) is 6.92 Å². The van der Waals surface area contributed by atoms with Crippen LogP contribution in [0.15, 0.2) is 24.4 Å². The minimum atomic E-state index is -0.758. The predicted molar refractivity (Wildman–Crippen MR) is 102 cm³/mol. The highest BCUT2D eigenvalue weighted by molar-refractivity contribution is 5.92. The predicted octanol–water partition coefficient (Wildman–Crippen LogP) is 0.747. The minimum absolute atomic E-state index is 0.0195. The molecule has 2 amide bonds. The maximum absolute atomic E-state index is 13.0.